The lowest BCUT2D eigenvalue weighted by Gasteiger charge is -2.23. The summed E-state index contributed by atoms with van der Waals surface area (Å²) >= 11 is 0. The molecule has 20 heavy (non-hydrogen) atoms. The van der Waals surface area contributed by atoms with Gasteiger partial charge in [0.05, 0.1) is 20.3 Å². The lowest BCUT2D eigenvalue weighted by atomic mass is 10.1. The molecule has 0 radical (unpaired) electrons. The van der Waals surface area contributed by atoms with Crippen LogP contribution in [0.25, 0.3) is 0 Å². The first-order valence-corrected chi connectivity index (χ1v) is 6.99. The maximum absolute atomic E-state index is 9.42. The highest BCUT2D eigenvalue weighted by Gasteiger charge is 2.24. The van der Waals surface area contributed by atoms with Crippen LogP contribution in [0.5, 0.6) is 5.75 Å². The molecule has 108 valence electrons. The third-order valence-electron chi connectivity index (χ3n) is 3.72. The predicted molar refractivity (Wildman–Crippen MR) is 79.4 cm³/mol. The Morgan fingerprint density at radius 2 is 2.35 bits per heavy atom. The van der Waals surface area contributed by atoms with Gasteiger partial charge in [0.15, 0.2) is 0 Å². The molecular weight excluding hydrogens is 252 g/mol. The summed E-state index contributed by atoms with van der Waals surface area (Å²) in [6.45, 7) is 2.38. The highest BCUT2D eigenvalue weighted by atomic mass is 16.5. The Morgan fingerprint density at radius 1 is 1.50 bits per heavy atom. The Kier molecular flexibility index (Phi) is 5.42. The van der Waals surface area contributed by atoms with E-state index in [0.717, 1.165) is 42.8 Å². The largest absolute Gasteiger partial charge is 0.497 e. The van der Waals surface area contributed by atoms with Crippen molar-refractivity contribution in [3.63, 3.8) is 0 Å². The Hall–Kier alpha value is -1.54. The highest BCUT2D eigenvalue weighted by Crippen LogP contribution is 2.23. The quantitative estimate of drug-likeness (QED) is 0.803. The van der Waals surface area contributed by atoms with Gasteiger partial charge in [-0.1, -0.05) is 11.8 Å². The molecule has 1 unspecified atom stereocenters. The lowest BCUT2D eigenvalue weighted by molar-refractivity contribution is 0.153. The Morgan fingerprint density at radius 3 is 3.05 bits per heavy atom. The number of benzene rings is 1. The molecule has 0 aliphatic carbocycles. The molecule has 1 aliphatic heterocycles. The molecular formula is C16H22N2O2. The van der Waals surface area contributed by atoms with Gasteiger partial charge in [-0.25, -0.2) is 0 Å². The number of hydrogen-bond acceptors (Lipinski definition) is 4. The van der Waals surface area contributed by atoms with E-state index in [1.54, 1.807) is 7.11 Å². The number of methoxy groups -OCH3 is 1. The maximum atomic E-state index is 9.42. The smallest absolute Gasteiger partial charge is 0.119 e. The average molecular weight is 274 g/mol. The Bertz CT molecular complexity index is 505. The van der Waals surface area contributed by atoms with E-state index in [1.165, 1.54) is 0 Å². The number of aliphatic hydroxyl groups is 1. The summed E-state index contributed by atoms with van der Waals surface area (Å²) in [5, 5.41) is 9.42. The minimum Gasteiger partial charge on any atom is -0.497 e. The molecule has 1 aromatic rings. The molecule has 0 aromatic heterocycles. The molecule has 0 bridgehead atoms. The summed E-state index contributed by atoms with van der Waals surface area (Å²) in [6.07, 6.45) is 2.20. The van der Waals surface area contributed by atoms with Crippen LogP contribution in [0.1, 0.15) is 24.0 Å². The van der Waals surface area contributed by atoms with E-state index in [0.29, 0.717) is 6.54 Å². The van der Waals surface area contributed by atoms with E-state index in [2.05, 4.69) is 16.7 Å². The van der Waals surface area contributed by atoms with Crippen LogP contribution in [0.3, 0.4) is 0 Å². The van der Waals surface area contributed by atoms with Crippen molar-refractivity contribution in [3.05, 3.63) is 29.3 Å². The summed E-state index contributed by atoms with van der Waals surface area (Å²) in [4.78, 5) is 2.31. The third-order valence-corrected chi connectivity index (χ3v) is 3.72. The van der Waals surface area contributed by atoms with Gasteiger partial charge in [0.1, 0.15) is 5.75 Å². The van der Waals surface area contributed by atoms with E-state index >= 15 is 0 Å². The van der Waals surface area contributed by atoms with Gasteiger partial charge in [-0.05, 0) is 43.1 Å². The molecule has 1 aromatic carbocycles. The number of ether oxygens (including phenoxy) is 1. The van der Waals surface area contributed by atoms with Crippen molar-refractivity contribution < 1.29 is 9.84 Å². The third kappa shape index (κ3) is 3.51. The number of hydrogen-bond donors (Lipinski definition) is 2. The lowest BCUT2D eigenvalue weighted by Crippen LogP contribution is -2.31. The zero-order valence-corrected chi connectivity index (χ0v) is 11.9. The van der Waals surface area contributed by atoms with Crippen molar-refractivity contribution in [2.75, 3.05) is 26.8 Å². The molecule has 1 aliphatic rings. The van der Waals surface area contributed by atoms with Gasteiger partial charge in [-0.2, -0.15) is 0 Å². The van der Waals surface area contributed by atoms with Crippen LogP contribution in [0, 0.1) is 11.8 Å². The van der Waals surface area contributed by atoms with Crippen LogP contribution in [0.2, 0.25) is 0 Å². The Balaban J connectivity index is 2.23. The topological polar surface area (TPSA) is 58.7 Å². The van der Waals surface area contributed by atoms with Gasteiger partial charge >= 0.3 is 0 Å². The van der Waals surface area contributed by atoms with E-state index in [1.807, 2.05) is 18.2 Å². The number of nitrogens with two attached hydrogens (primary N) is 1. The van der Waals surface area contributed by atoms with Crippen LogP contribution in [0.15, 0.2) is 18.2 Å². The molecule has 4 nitrogen and oxygen atoms in total. The van der Waals surface area contributed by atoms with Gasteiger partial charge in [-0.3, -0.25) is 4.90 Å². The minimum absolute atomic E-state index is 0.216. The summed E-state index contributed by atoms with van der Waals surface area (Å²) in [5.41, 5.74) is 7.56. The first kappa shape index (κ1) is 14.9. The number of nitrogens with zero attached hydrogens (tertiary/aromatic N) is 1. The van der Waals surface area contributed by atoms with E-state index in [4.69, 9.17) is 10.5 Å². The van der Waals surface area contributed by atoms with E-state index in [-0.39, 0.29) is 12.6 Å². The number of likely N-dealkylation sites (tertiary alicyclic amines) is 1. The van der Waals surface area contributed by atoms with Crippen molar-refractivity contribution in [1.29, 1.82) is 0 Å². The Labute approximate surface area is 120 Å². The molecule has 0 saturated carbocycles. The van der Waals surface area contributed by atoms with Crippen molar-refractivity contribution in [2.24, 2.45) is 5.73 Å². The second-order valence-corrected chi connectivity index (χ2v) is 4.98. The van der Waals surface area contributed by atoms with Crippen LogP contribution >= 0.6 is 0 Å². The van der Waals surface area contributed by atoms with Gasteiger partial charge < -0.3 is 15.6 Å². The van der Waals surface area contributed by atoms with Crippen LogP contribution in [-0.4, -0.2) is 42.9 Å². The van der Waals surface area contributed by atoms with Crippen LogP contribution in [0.4, 0.5) is 0 Å². The van der Waals surface area contributed by atoms with Crippen molar-refractivity contribution in [2.45, 2.75) is 25.4 Å². The molecule has 1 heterocycles. The first-order chi connectivity index (χ1) is 9.78. The molecule has 1 atom stereocenters. The van der Waals surface area contributed by atoms with Crippen molar-refractivity contribution >= 4 is 0 Å². The first-order valence-electron chi connectivity index (χ1n) is 6.99. The predicted octanol–water partition coefficient (Wildman–Crippen LogP) is 0.962. The molecule has 1 saturated heterocycles. The molecule has 0 spiro atoms. The van der Waals surface area contributed by atoms with Gasteiger partial charge in [0.25, 0.3) is 0 Å². The summed E-state index contributed by atoms with van der Waals surface area (Å²) in [6, 6.07) is 6.17. The fourth-order valence-electron chi connectivity index (χ4n) is 2.62. The van der Waals surface area contributed by atoms with E-state index < -0.39 is 0 Å². The molecule has 4 heteroatoms. The maximum Gasteiger partial charge on any atom is 0.119 e. The average Bonchev–Trinajstić information content (AvgIpc) is 2.93. The molecule has 2 rings (SSSR count). The van der Waals surface area contributed by atoms with E-state index in [9.17, 15) is 5.11 Å². The van der Waals surface area contributed by atoms with Crippen molar-refractivity contribution in [3.8, 4) is 17.6 Å². The molecule has 3 N–H and O–H groups in total. The fraction of sp³-hybridized carbons (Fsp3) is 0.500. The number of aliphatic hydroxyl groups excluding tert-OH is 1. The van der Waals surface area contributed by atoms with Gasteiger partial charge in [-0.15, -0.1) is 0 Å². The number of rotatable bonds is 4. The van der Waals surface area contributed by atoms with Crippen molar-refractivity contribution in [1.82, 2.24) is 4.90 Å². The summed E-state index contributed by atoms with van der Waals surface area (Å²) in [5.74, 6) is 6.84. The van der Waals surface area contributed by atoms with Gasteiger partial charge in [0.2, 0.25) is 0 Å². The molecule has 1 fully saturated rings. The highest BCUT2D eigenvalue weighted by molar-refractivity contribution is 5.45. The minimum atomic E-state index is 0.216. The summed E-state index contributed by atoms with van der Waals surface area (Å²) in [7, 11) is 1.66. The summed E-state index contributed by atoms with van der Waals surface area (Å²) < 4.78 is 5.29. The second kappa shape index (κ2) is 7.30. The SMILES string of the molecule is COc1ccc(C#CCN)c(CN2CCCC2CO)c1. The normalized spacial score (nSPS) is 18.6. The zero-order valence-electron chi connectivity index (χ0n) is 11.9. The van der Waals surface area contributed by atoms with Crippen LogP contribution in [-0.2, 0) is 6.54 Å². The fourth-order valence-corrected chi connectivity index (χ4v) is 2.62. The zero-order chi connectivity index (χ0) is 14.4. The molecule has 0 amide bonds. The van der Waals surface area contributed by atoms with Crippen LogP contribution < -0.4 is 10.5 Å². The second-order valence-electron chi connectivity index (χ2n) is 4.98. The monoisotopic (exact) mass is 274 g/mol. The van der Waals surface area contributed by atoms with Gasteiger partial charge in [0, 0.05) is 18.2 Å². The standard InChI is InChI=1S/C16H22N2O2/c1-20-16-7-6-13(4-2-8-17)14(10-16)11-18-9-3-5-15(18)12-19/h6-7,10,15,19H,3,5,8-9,11-12,17H2,1H3.